The zero-order chi connectivity index (χ0) is 24.8. The summed E-state index contributed by atoms with van der Waals surface area (Å²) >= 11 is 0. The van der Waals surface area contributed by atoms with E-state index < -0.39 is 6.61 Å². The fourth-order valence-electron chi connectivity index (χ4n) is 3.98. The summed E-state index contributed by atoms with van der Waals surface area (Å²) in [4.78, 5) is 6.08. The number of hydrogen-bond acceptors (Lipinski definition) is 6. The van der Waals surface area contributed by atoms with E-state index in [9.17, 15) is 8.78 Å². The summed E-state index contributed by atoms with van der Waals surface area (Å²) in [7, 11) is 3.34. The van der Waals surface area contributed by atoms with E-state index in [0.717, 1.165) is 29.9 Å². The summed E-state index contributed by atoms with van der Waals surface area (Å²) in [5.74, 6) is 1.85. The van der Waals surface area contributed by atoms with Crippen LogP contribution in [-0.4, -0.2) is 45.1 Å². The molecule has 0 aliphatic heterocycles. The molecule has 184 valence electrons. The van der Waals surface area contributed by atoms with Crippen LogP contribution in [0.25, 0.3) is 0 Å². The van der Waals surface area contributed by atoms with Gasteiger partial charge in [-0.15, -0.1) is 10.2 Å². The van der Waals surface area contributed by atoms with Crippen molar-refractivity contribution in [3.63, 3.8) is 0 Å². The zero-order valence-electron chi connectivity index (χ0n) is 19.9. The lowest BCUT2D eigenvalue weighted by molar-refractivity contribution is -0.0512. The number of rotatable bonds is 11. The molecule has 0 atom stereocenters. The minimum atomic E-state index is -2.91. The summed E-state index contributed by atoms with van der Waals surface area (Å²) in [5, 5.41) is 8.82. The van der Waals surface area contributed by atoms with Crippen molar-refractivity contribution >= 4 is 5.95 Å². The second-order valence-corrected chi connectivity index (χ2v) is 8.13. The van der Waals surface area contributed by atoms with Crippen molar-refractivity contribution in [2.75, 3.05) is 19.1 Å². The smallest absolute Gasteiger partial charge is 0.387 e. The van der Waals surface area contributed by atoms with Crippen LogP contribution in [0.2, 0.25) is 0 Å². The first-order valence-corrected chi connectivity index (χ1v) is 11.2. The van der Waals surface area contributed by atoms with E-state index in [4.69, 9.17) is 4.74 Å². The lowest BCUT2D eigenvalue weighted by Crippen LogP contribution is -2.22. The Hall–Kier alpha value is -3.95. The fourth-order valence-corrected chi connectivity index (χ4v) is 3.98. The largest absolute Gasteiger partial charge is 0.493 e. The first kappa shape index (κ1) is 24.2. The van der Waals surface area contributed by atoms with Gasteiger partial charge in [-0.05, 0) is 28.8 Å². The molecule has 0 spiro atoms. The van der Waals surface area contributed by atoms with E-state index >= 15 is 0 Å². The maximum absolute atomic E-state index is 12.6. The van der Waals surface area contributed by atoms with Gasteiger partial charge >= 0.3 is 6.61 Å². The van der Waals surface area contributed by atoms with Gasteiger partial charge in [-0.25, -0.2) is 4.98 Å². The van der Waals surface area contributed by atoms with Crippen LogP contribution in [0.4, 0.5) is 14.7 Å². The van der Waals surface area contributed by atoms with Gasteiger partial charge in [0.2, 0.25) is 5.95 Å². The third-order valence-corrected chi connectivity index (χ3v) is 5.59. The number of hydrogen-bond donors (Lipinski definition) is 0. The van der Waals surface area contributed by atoms with E-state index in [0.29, 0.717) is 19.0 Å². The van der Waals surface area contributed by atoms with Crippen molar-refractivity contribution in [2.24, 2.45) is 0 Å². The maximum atomic E-state index is 12.6. The number of nitrogens with zero attached hydrogens (tertiary/aromatic N) is 6. The molecule has 0 bridgehead atoms. The van der Waals surface area contributed by atoms with Crippen LogP contribution in [0.5, 0.6) is 11.5 Å². The van der Waals surface area contributed by atoms with Gasteiger partial charge in [0.05, 0.1) is 20.0 Å². The van der Waals surface area contributed by atoms with Crippen molar-refractivity contribution in [2.45, 2.75) is 39.6 Å². The van der Waals surface area contributed by atoms with E-state index in [1.54, 1.807) is 24.7 Å². The molecule has 10 heteroatoms. The van der Waals surface area contributed by atoms with Crippen molar-refractivity contribution < 1.29 is 18.3 Å². The van der Waals surface area contributed by atoms with Gasteiger partial charge in [-0.3, -0.25) is 4.57 Å². The predicted octanol–water partition coefficient (Wildman–Crippen LogP) is 4.38. The molecule has 0 fully saturated rings. The Kier molecular flexibility index (Phi) is 7.59. The van der Waals surface area contributed by atoms with Gasteiger partial charge in [0, 0.05) is 39.0 Å². The summed E-state index contributed by atoms with van der Waals surface area (Å²) in [6.45, 7) is 0.983. The quantitative estimate of drug-likeness (QED) is 0.316. The summed E-state index contributed by atoms with van der Waals surface area (Å²) in [6.07, 6.45) is 6.25. The second-order valence-electron chi connectivity index (χ2n) is 8.13. The van der Waals surface area contributed by atoms with E-state index in [1.165, 1.54) is 18.7 Å². The minimum Gasteiger partial charge on any atom is -0.493 e. The number of ether oxygens (including phenoxy) is 2. The molecule has 4 aromatic rings. The SMILES string of the molecule is CCc1nnc(N(C)Cc2ccc(OC(F)F)c(OC)c2)n1Cc1cccc(Cn2ccnc2)c1. The maximum Gasteiger partial charge on any atom is 0.387 e. The van der Waals surface area contributed by atoms with Crippen LogP contribution in [0.1, 0.15) is 29.4 Å². The molecule has 0 unspecified atom stereocenters. The second kappa shape index (κ2) is 11.0. The average molecular weight is 483 g/mol. The lowest BCUT2D eigenvalue weighted by Gasteiger charge is -2.21. The number of halogens is 2. The molecule has 8 nitrogen and oxygen atoms in total. The Bertz CT molecular complexity index is 1240. The Balaban J connectivity index is 1.53. The van der Waals surface area contributed by atoms with Crippen molar-refractivity contribution in [1.29, 1.82) is 0 Å². The molecule has 0 amide bonds. The zero-order valence-corrected chi connectivity index (χ0v) is 19.9. The number of alkyl halides is 2. The standard InChI is InChI=1S/C25H28F2N6O2/c1-4-23-29-30-25(31(2)14-20-8-9-21(35-24(26)27)22(13-20)34-3)33(23)16-19-7-5-6-18(12-19)15-32-11-10-28-17-32/h5-13,17,24H,4,14-16H2,1-3H3. The third-order valence-electron chi connectivity index (χ3n) is 5.59. The van der Waals surface area contributed by atoms with Crippen LogP contribution in [-0.2, 0) is 26.1 Å². The van der Waals surface area contributed by atoms with Crippen LogP contribution < -0.4 is 14.4 Å². The van der Waals surface area contributed by atoms with E-state index in [2.05, 4.69) is 48.8 Å². The Morgan fingerprint density at radius 2 is 1.80 bits per heavy atom. The number of imidazole rings is 1. The third kappa shape index (κ3) is 5.95. The molecule has 0 radical (unpaired) electrons. The minimum absolute atomic E-state index is 0.000846. The highest BCUT2D eigenvalue weighted by molar-refractivity contribution is 5.44. The molecular weight excluding hydrogens is 454 g/mol. The first-order valence-electron chi connectivity index (χ1n) is 11.2. The molecular formula is C25H28F2N6O2. The monoisotopic (exact) mass is 482 g/mol. The average Bonchev–Trinajstić information content (AvgIpc) is 3.49. The lowest BCUT2D eigenvalue weighted by atomic mass is 10.1. The molecule has 4 rings (SSSR count). The molecule has 2 aromatic heterocycles. The Morgan fingerprint density at radius 3 is 2.49 bits per heavy atom. The van der Waals surface area contributed by atoms with Crippen LogP contribution in [0.3, 0.4) is 0 Å². The highest BCUT2D eigenvalue weighted by Gasteiger charge is 2.17. The Morgan fingerprint density at radius 1 is 1.00 bits per heavy atom. The number of aryl methyl sites for hydroxylation is 1. The van der Waals surface area contributed by atoms with Crippen molar-refractivity contribution in [3.05, 3.63) is 83.7 Å². The highest BCUT2D eigenvalue weighted by Crippen LogP contribution is 2.30. The van der Waals surface area contributed by atoms with Gasteiger partial charge in [0.25, 0.3) is 0 Å². The van der Waals surface area contributed by atoms with Crippen molar-refractivity contribution in [3.8, 4) is 11.5 Å². The van der Waals surface area contributed by atoms with Gasteiger partial charge in [-0.1, -0.05) is 37.3 Å². The number of methoxy groups -OCH3 is 1. The van der Waals surface area contributed by atoms with Gasteiger partial charge in [0.1, 0.15) is 5.82 Å². The molecule has 2 heterocycles. The molecule has 0 N–H and O–H groups in total. The van der Waals surface area contributed by atoms with Crippen molar-refractivity contribution in [1.82, 2.24) is 24.3 Å². The molecule has 0 saturated carbocycles. The topological polar surface area (TPSA) is 70.2 Å². The summed E-state index contributed by atoms with van der Waals surface area (Å²) < 4.78 is 39.2. The van der Waals surface area contributed by atoms with Gasteiger partial charge in [-0.2, -0.15) is 8.78 Å². The number of aromatic nitrogens is 5. The molecule has 0 aliphatic carbocycles. The number of benzene rings is 2. The van der Waals surface area contributed by atoms with Gasteiger partial charge in [0.15, 0.2) is 11.5 Å². The molecule has 0 saturated heterocycles. The predicted molar refractivity (Wildman–Crippen MR) is 128 cm³/mol. The van der Waals surface area contributed by atoms with Crippen LogP contribution in [0, 0.1) is 0 Å². The molecule has 35 heavy (non-hydrogen) atoms. The van der Waals surface area contributed by atoms with Gasteiger partial charge < -0.3 is 18.9 Å². The fraction of sp³-hybridized carbons (Fsp3) is 0.320. The number of anilines is 1. The summed E-state index contributed by atoms with van der Waals surface area (Å²) in [5.41, 5.74) is 3.18. The Labute approximate surface area is 202 Å². The van der Waals surface area contributed by atoms with Crippen LogP contribution >= 0.6 is 0 Å². The van der Waals surface area contributed by atoms with E-state index in [1.807, 2.05) is 29.6 Å². The summed E-state index contributed by atoms with van der Waals surface area (Å²) in [6, 6.07) is 13.3. The highest BCUT2D eigenvalue weighted by atomic mass is 19.3. The molecule has 2 aromatic carbocycles. The molecule has 0 aliphatic rings. The first-order chi connectivity index (χ1) is 17.0. The van der Waals surface area contributed by atoms with Crippen LogP contribution in [0.15, 0.2) is 61.2 Å². The van der Waals surface area contributed by atoms with E-state index in [-0.39, 0.29) is 11.5 Å². The normalized spacial score (nSPS) is 11.1.